The summed E-state index contributed by atoms with van der Waals surface area (Å²) in [7, 11) is 1.85. The molecule has 0 radical (unpaired) electrons. The third-order valence-electron chi connectivity index (χ3n) is 3.20. The number of anilines is 1. The Balaban J connectivity index is 2.48. The summed E-state index contributed by atoms with van der Waals surface area (Å²) in [6.45, 7) is 2.04. The lowest BCUT2D eigenvalue weighted by Crippen LogP contribution is -2.27. The number of hydrogen-bond acceptors (Lipinski definition) is 2. The minimum Gasteiger partial charge on any atom is -0.399 e. The quantitative estimate of drug-likeness (QED) is 0.654. The van der Waals surface area contributed by atoms with Gasteiger partial charge in [-0.05, 0) is 36.6 Å². The van der Waals surface area contributed by atoms with Crippen molar-refractivity contribution in [3.05, 3.63) is 29.3 Å². The number of nitrogens with zero attached hydrogens (tertiary/aromatic N) is 1. The highest BCUT2D eigenvalue weighted by atomic mass is 16.2. The largest absolute Gasteiger partial charge is 0.399 e. The third kappa shape index (κ3) is 1.69. The van der Waals surface area contributed by atoms with Gasteiger partial charge in [0.25, 0.3) is 0 Å². The molecule has 15 heavy (non-hydrogen) atoms. The van der Waals surface area contributed by atoms with E-state index in [0.717, 1.165) is 12.1 Å². The Kier molecular flexibility index (Phi) is 2.39. The first kappa shape index (κ1) is 10.0. The van der Waals surface area contributed by atoms with E-state index in [1.165, 1.54) is 11.1 Å². The van der Waals surface area contributed by atoms with Crippen molar-refractivity contribution in [1.29, 1.82) is 0 Å². The molecule has 1 heterocycles. The molecule has 1 unspecified atom stereocenters. The van der Waals surface area contributed by atoms with Crippen molar-refractivity contribution in [3.63, 3.8) is 0 Å². The number of fused-ring (bicyclic) bond motifs is 1. The summed E-state index contributed by atoms with van der Waals surface area (Å²) < 4.78 is 0. The summed E-state index contributed by atoms with van der Waals surface area (Å²) in [6.07, 6.45) is 1.42. The van der Waals surface area contributed by atoms with Gasteiger partial charge >= 0.3 is 0 Å². The molecule has 3 heteroatoms. The molecule has 0 spiro atoms. The molecule has 0 bridgehead atoms. The van der Waals surface area contributed by atoms with Crippen LogP contribution < -0.4 is 5.73 Å². The molecule has 1 aromatic carbocycles. The fourth-order valence-corrected chi connectivity index (χ4v) is 2.07. The summed E-state index contributed by atoms with van der Waals surface area (Å²) in [4.78, 5) is 13.5. The Labute approximate surface area is 89.9 Å². The van der Waals surface area contributed by atoms with Crippen LogP contribution in [0.3, 0.4) is 0 Å². The van der Waals surface area contributed by atoms with E-state index in [1.807, 2.05) is 32.2 Å². The Morgan fingerprint density at radius 2 is 2.13 bits per heavy atom. The molecule has 2 rings (SSSR count). The molecule has 1 aliphatic heterocycles. The average Bonchev–Trinajstić information content (AvgIpc) is 2.32. The van der Waals surface area contributed by atoms with Crippen LogP contribution in [-0.2, 0) is 11.2 Å². The second-order valence-electron chi connectivity index (χ2n) is 4.14. The lowest BCUT2D eigenvalue weighted by Gasteiger charge is -2.23. The zero-order valence-corrected chi connectivity index (χ0v) is 9.16. The lowest BCUT2D eigenvalue weighted by molar-refractivity contribution is -0.131. The van der Waals surface area contributed by atoms with Crippen LogP contribution in [0.4, 0.5) is 5.69 Å². The fourth-order valence-electron chi connectivity index (χ4n) is 2.07. The molecule has 1 aromatic rings. The van der Waals surface area contributed by atoms with Crippen LogP contribution in [0, 0.1) is 0 Å². The van der Waals surface area contributed by atoms with Crippen LogP contribution in [0.15, 0.2) is 18.2 Å². The van der Waals surface area contributed by atoms with Crippen LogP contribution >= 0.6 is 0 Å². The molecule has 1 amide bonds. The Morgan fingerprint density at radius 3 is 2.87 bits per heavy atom. The summed E-state index contributed by atoms with van der Waals surface area (Å²) in [5.74, 6) is 0.206. The topological polar surface area (TPSA) is 46.3 Å². The lowest BCUT2D eigenvalue weighted by atomic mass is 9.99. The van der Waals surface area contributed by atoms with Gasteiger partial charge in [-0.25, -0.2) is 0 Å². The van der Waals surface area contributed by atoms with Gasteiger partial charge in [0.15, 0.2) is 0 Å². The molecular formula is C12H16N2O. The number of benzene rings is 1. The summed E-state index contributed by atoms with van der Waals surface area (Å²) in [5, 5.41) is 0. The monoisotopic (exact) mass is 204 g/mol. The number of nitrogen functional groups attached to an aromatic ring is 1. The molecule has 80 valence electrons. The Bertz CT molecular complexity index is 401. The first-order chi connectivity index (χ1) is 7.09. The van der Waals surface area contributed by atoms with Crippen LogP contribution in [0.1, 0.15) is 30.5 Å². The highest BCUT2D eigenvalue weighted by molar-refractivity contribution is 5.77. The number of hydrogen-bond donors (Lipinski definition) is 1. The number of carbonyl (C=O) groups is 1. The van der Waals surface area contributed by atoms with Crippen molar-refractivity contribution in [1.82, 2.24) is 4.90 Å². The van der Waals surface area contributed by atoms with E-state index in [1.54, 1.807) is 4.90 Å². The van der Waals surface area contributed by atoms with Crippen molar-refractivity contribution in [2.75, 3.05) is 12.8 Å². The normalized spacial score (nSPS) is 21.1. The first-order valence-electron chi connectivity index (χ1n) is 5.23. The van der Waals surface area contributed by atoms with E-state index in [2.05, 4.69) is 0 Å². The zero-order valence-electron chi connectivity index (χ0n) is 9.16. The van der Waals surface area contributed by atoms with Crippen LogP contribution in [0.5, 0.6) is 0 Å². The van der Waals surface area contributed by atoms with Crippen LogP contribution in [-0.4, -0.2) is 17.9 Å². The van der Waals surface area contributed by atoms with Crippen LogP contribution in [0.2, 0.25) is 0 Å². The van der Waals surface area contributed by atoms with Gasteiger partial charge in [0.05, 0.1) is 6.04 Å². The molecule has 1 atom stereocenters. The predicted octanol–water partition coefficient (Wildman–Crippen LogP) is 1.73. The van der Waals surface area contributed by atoms with Gasteiger partial charge in [-0.15, -0.1) is 0 Å². The zero-order chi connectivity index (χ0) is 11.0. The van der Waals surface area contributed by atoms with E-state index < -0.39 is 0 Å². The van der Waals surface area contributed by atoms with Gasteiger partial charge in [0.1, 0.15) is 0 Å². The summed E-state index contributed by atoms with van der Waals surface area (Å²) >= 11 is 0. The Hall–Kier alpha value is -1.51. The molecule has 0 saturated heterocycles. The SMILES string of the molecule is CC1c2cc(N)ccc2CCC(=O)N1C. The van der Waals surface area contributed by atoms with Gasteiger partial charge in [-0.2, -0.15) is 0 Å². The van der Waals surface area contributed by atoms with E-state index in [4.69, 9.17) is 5.73 Å². The molecule has 0 fully saturated rings. The second-order valence-corrected chi connectivity index (χ2v) is 4.14. The maximum atomic E-state index is 11.7. The van der Waals surface area contributed by atoms with Gasteiger partial charge in [0.2, 0.25) is 5.91 Å². The van der Waals surface area contributed by atoms with Crippen molar-refractivity contribution in [2.24, 2.45) is 0 Å². The summed E-state index contributed by atoms with van der Waals surface area (Å²) in [5.41, 5.74) is 8.97. The van der Waals surface area contributed by atoms with E-state index in [9.17, 15) is 4.79 Å². The molecular weight excluding hydrogens is 188 g/mol. The number of aryl methyl sites for hydroxylation is 1. The molecule has 3 nitrogen and oxygen atoms in total. The van der Waals surface area contributed by atoms with Gasteiger partial charge < -0.3 is 10.6 Å². The maximum Gasteiger partial charge on any atom is 0.223 e. The average molecular weight is 204 g/mol. The van der Waals surface area contributed by atoms with Crippen molar-refractivity contribution in [3.8, 4) is 0 Å². The van der Waals surface area contributed by atoms with Crippen molar-refractivity contribution >= 4 is 11.6 Å². The summed E-state index contributed by atoms with van der Waals surface area (Å²) in [6, 6.07) is 6.04. The van der Waals surface area contributed by atoms with Gasteiger partial charge in [0, 0.05) is 19.2 Å². The Morgan fingerprint density at radius 1 is 1.40 bits per heavy atom. The van der Waals surface area contributed by atoms with E-state index in [0.29, 0.717) is 6.42 Å². The standard InChI is InChI=1S/C12H16N2O/c1-8-11-7-10(13)5-3-9(11)4-6-12(15)14(8)2/h3,5,7-8H,4,6,13H2,1-2H3. The van der Waals surface area contributed by atoms with Gasteiger partial charge in [-0.1, -0.05) is 6.07 Å². The minimum atomic E-state index is 0.124. The van der Waals surface area contributed by atoms with Crippen molar-refractivity contribution in [2.45, 2.75) is 25.8 Å². The molecule has 0 aromatic heterocycles. The predicted molar refractivity (Wildman–Crippen MR) is 60.4 cm³/mol. The van der Waals surface area contributed by atoms with Crippen LogP contribution in [0.25, 0.3) is 0 Å². The van der Waals surface area contributed by atoms with E-state index >= 15 is 0 Å². The number of amides is 1. The number of nitrogens with two attached hydrogens (primary N) is 1. The molecule has 1 aliphatic rings. The first-order valence-corrected chi connectivity index (χ1v) is 5.23. The number of rotatable bonds is 0. The van der Waals surface area contributed by atoms with E-state index in [-0.39, 0.29) is 11.9 Å². The molecule has 0 aliphatic carbocycles. The fraction of sp³-hybridized carbons (Fsp3) is 0.417. The second kappa shape index (κ2) is 3.57. The minimum absolute atomic E-state index is 0.124. The van der Waals surface area contributed by atoms with Gasteiger partial charge in [-0.3, -0.25) is 4.79 Å². The smallest absolute Gasteiger partial charge is 0.223 e. The highest BCUT2D eigenvalue weighted by Gasteiger charge is 2.23. The highest BCUT2D eigenvalue weighted by Crippen LogP contribution is 2.29. The number of carbonyl (C=O) groups excluding carboxylic acids is 1. The maximum absolute atomic E-state index is 11.7. The third-order valence-corrected chi connectivity index (χ3v) is 3.20. The van der Waals surface area contributed by atoms with Crippen molar-refractivity contribution < 1.29 is 4.79 Å². The molecule has 0 saturated carbocycles. The molecule has 2 N–H and O–H groups in total.